The average Bonchev–Trinajstić information content (AvgIpc) is 2.91. The zero-order valence-electron chi connectivity index (χ0n) is 13.8. The summed E-state index contributed by atoms with van der Waals surface area (Å²) in [4.78, 5) is 12.8. The monoisotopic (exact) mass is 297 g/mol. The van der Waals surface area contributed by atoms with Crippen LogP contribution < -0.4 is 5.32 Å². The van der Waals surface area contributed by atoms with Crippen LogP contribution in [0.25, 0.3) is 0 Å². The maximum absolute atomic E-state index is 12.8. The van der Waals surface area contributed by atoms with E-state index in [2.05, 4.69) is 37.9 Å². The van der Waals surface area contributed by atoms with Crippen LogP contribution in [0, 0.1) is 16.7 Å². The minimum absolute atomic E-state index is 0.214. The first-order valence-electron chi connectivity index (χ1n) is 8.44. The van der Waals surface area contributed by atoms with Gasteiger partial charge in [0.2, 0.25) is 5.91 Å². The summed E-state index contributed by atoms with van der Waals surface area (Å²) in [5.74, 6) is 0.879. The van der Waals surface area contributed by atoms with Crippen molar-refractivity contribution < 1.29 is 4.79 Å². The van der Waals surface area contributed by atoms with Gasteiger partial charge in [-0.2, -0.15) is 0 Å². The molecule has 1 aromatic rings. The first-order chi connectivity index (χ1) is 10.4. The topological polar surface area (TPSA) is 29.1 Å². The lowest BCUT2D eigenvalue weighted by molar-refractivity contribution is -0.130. The molecular weight excluding hydrogens is 270 g/mol. The van der Waals surface area contributed by atoms with Crippen molar-refractivity contribution >= 4 is 5.91 Å². The van der Waals surface area contributed by atoms with Crippen LogP contribution in [0.5, 0.6) is 0 Å². The van der Waals surface area contributed by atoms with Crippen molar-refractivity contribution in [3.8, 4) is 0 Å². The minimum atomic E-state index is -0.281. The predicted molar refractivity (Wildman–Crippen MR) is 90.5 cm³/mol. The Morgan fingerprint density at radius 2 is 2.05 bits per heavy atom. The zero-order valence-corrected chi connectivity index (χ0v) is 13.8. The molecule has 2 bridgehead atoms. The van der Waals surface area contributed by atoms with Crippen LogP contribution in [0.2, 0.25) is 0 Å². The van der Waals surface area contributed by atoms with Gasteiger partial charge in [-0.15, -0.1) is 0 Å². The average molecular weight is 297 g/mol. The first kappa shape index (κ1) is 15.3. The Kier molecular flexibility index (Phi) is 3.88. The zero-order chi connectivity index (χ0) is 15.8. The lowest BCUT2D eigenvalue weighted by Crippen LogP contribution is -2.45. The Morgan fingerprint density at radius 1 is 1.32 bits per heavy atom. The van der Waals surface area contributed by atoms with Crippen LogP contribution in [-0.2, 0) is 11.2 Å². The van der Waals surface area contributed by atoms with Crippen molar-refractivity contribution in [3.05, 3.63) is 48.0 Å². The summed E-state index contributed by atoms with van der Waals surface area (Å²) in [6.07, 6.45) is 5.03. The molecule has 2 aliphatic carbocycles. The van der Waals surface area contributed by atoms with Crippen molar-refractivity contribution in [3.63, 3.8) is 0 Å². The molecule has 2 fully saturated rings. The highest BCUT2D eigenvalue weighted by molar-refractivity contribution is 5.86. The third kappa shape index (κ3) is 2.60. The number of hydrogen-bond acceptors (Lipinski definition) is 1. The molecule has 2 atom stereocenters. The molecule has 0 aromatic heterocycles. The SMILES string of the molecule is C=C1CC(C)(C)C2CCC1(C(=O)NCCc1ccccc1)C2. The molecule has 0 radical (unpaired) electrons. The molecule has 0 spiro atoms. The van der Waals surface area contributed by atoms with Crippen molar-refractivity contribution in [1.82, 2.24) is 5.32 Å². The van der Waals surface area contributed by atoms with Gasteiger partial charge in [-0.05, 0) is 49.0 Å². The molecule has 2 saturated carbocycles. The molecule has 0 aliphatic heterocycles. The molecule has 2 unspecified atom stereocenters. The van der Waals surface area contributed by atoms with E-state index in [1.807, 2.05) is 18.2 Å². The van der Waals surface area contributed by atoms with Gasteiger partial charge in [-0.3, -0.25) is 4.79 Å². The molecule has 1 amide bonds. The second kappa shape index (κ2) is 5.57. The Balaban J connectivity index is 1.62. The Hall–Kier alpha value is -1.57. The Labute approximate surface area is 134 Å². The molecule has 2 aliphatic rings. The van der Waals surface area contributed by atoms with Crippen LogP contribution in [0.3, 0.4) is 0 Å². The molecule has 0 heterocycles. The van der Waals surface area contributed by atoms with E-state index < -0.39 is 0 Å². The molecule has 118 valence electrons. The van der Waals surface area contributed by atoms with Crippen molar-refractivity contribution in [1.29, 1.82) is 0 Å². The molecule has 2 heteroatoms. The van der Waals surface area contributed by atoms with Gasteiger partial charge in [0, 0.05) is 6.54 Å². The summed E-state index contributed by atoms with van der Waals surface area (Å²) in [5, 5.41) is 3.18. The van der Waals surface area contributed by atoms with Crippen molar-refractivity contribution in [2.75, 3.05) is 6.54 Å². The number of carbonyl (C=O) groups is 1. The van der Waals surface area contributed by atoms with Crippen LogP contribution in [0.4, 0.5) is 0 Å². The van der Waals surface area contributed by atoms with Gasteiger partial charge >= 0.3 is 0 Å². The van der Waals surface area contributed by atoms with Gasteiger partial charge in [0.15, 0.2) is 0 Å². The quantitative estimate of drug-likeness (QED) is 0.832. The van der Waals surface area contributed by atoms with E-state index in [1.165, 1.54) is 5.56 Å². The summed E-state index contributed by atoms with van der Waals surface area (Å²) in [5.41, 5.74) is 2.45. The van der Waals surface area contributed by atoms with E-state index in [4.69, 9.17) is 0 Å². The number of amides is 1. The smallest absolute Gasteiger partial charge is 0.230 e. The fourth-order valence-corrected chi connectivity index (χ4v) is 4.40. The number of rotatable bonds is 4. The van der Waals surface area contributed by atoms with Gasteiger partial charge in [-0.1, -0.05) is 56.3 Å². The summed E-state index contributed by atoms with van der Waals surface area (Å²) < 4.78 is 0. The molecule has 22 heavy (non-hydrogen) atoms. The van der Waals surface area contributed by atoms with Crippen molar-refractivity contribution in [2.45, 2.75) is 46.0 Å². The minimum Gasteiger partial charge on any atom is -0.355 e. The Bertz CT molecular complexity index is 575. The number of carbonyl (C=O) groups excluding carboxylic acids is 1. The third-order valence-electron chi connectivity index (χ3n) is 5.94. The van der Waals surface area contributed by atoms with E-state index in [0.29, 0.717) is 17.9 Å². The van der Waals surface area contributed by atoms with E-state index in [0.717, 1.165) is 37.7 Å². The second-order valence-corrected chi connectivity index (χ2v) is 7.78. The van der Waals surface area contributed by atoms with Crippen LogP contribution >= 0.6 is 0 Å². The number of hydrogen-bond donors (Lipinski definition) is 1. The molecule has 1 aromatic carbocycles. The second-order valence-electron chi connectivity index (χ2n) is 7.78. The largest absolute Gasteiger partial charge is 0.355 e. The summed E-state index contributed by atoms with van der Waals surface area (Å²) in [7, 11) is 0. The summed E-state index contributed by atoms with van der Waals surface area (Å²) in [6.45, 7) is 9.65. The fraction of sp³-hybridized carbons (Fsp3) is 0.550. The number of benzene rings is 1. The summed E-state index contributed by atoms with van der Waals surface area (Å²) in [6, 6.07) is 10.3. The van der Waals surface area contributed by atoms with E-state index in [1.54, 1.807) is 0 Å². The van der Waals surface area contributed by atoms with E-state index in [9.17, 15) is 4.79 Å². The van der Waals surface area contributed by atoms with E-state index in [-0.39, 0.29) is 11.3 Å². The number of fused-ring (bicyclic) bond motifs is 2. The van der Waals surface area contributed by atoms with Gasteiger partial charge < -0.3 is 5.32 Å². The van der Waals surface area contributed by atoms with E-state index >= 15 is 0 Å². The van der Waals surface area contributed by atoms with Gasteiger partial charge in [0.05, 0.1) is 5.41 Å². The highest BCUT2D eigenvalue weighted by Crippen LogP contribution is 2.60. The molecule has 1 N–H and O–H groups in total. The first-order valence-corrected chi connectivity index (χ1v) is 8.44. The van der Waals surface area contributed by atoms with Gasteiger partial charge in [-0.25, -0.2) is 0 Å². The van der Waals surface area contributed by atoms with Crippen LogP contribution in [0.15, 0.2) is 42.5 Å². The van der Waals surface area contributed by atoms with Gasteiger partial charge in [0.1, 0.15) is 0 Å². The lowest BCUT2D eigenvalue weighted by Gasteiger charge is -2.43. The van der Waals surface area contributed by atoms with Gasteiger partial charge in [0.25, 0.3) is 0 Å². The standard InChI is InChI=1S/C20H27NO/c1-15-13-19(2,3)17-9-11-20(15,14-17)18(22)21-12-10-16-7-5-4-6-8-16/h4-8,17H,1,9-14H2,2-3H3,(H,21,22). The maximum atomic E-state index is 12.8. The fourth-order valence-electron chi connectivity index (χ4n) is 4.40. The highest BCUT2D eigenvalue weighted by Gasteiger charge is 2.55. The lowest BCUT2D eigenvalue weighted by atomic mass is 9.62. The molecular formula is C20H27NO. The summed E-state index contributed by atoms with van der Waals surface area (Å²) >= 11 is 0. The normalized spacial score (nSPS) is 29.4. The molecule has 0 saturated heterocycles. The molecule has 3 rings (SSSR count). The maximum Gasteiger partial charge on any atom is 0.230 e. The third-order valence-corrected chi connectivity index (χ3v) is 5.94. The van der Waals surface area contributed by atoms with Crippen LogP contribution in [-0.4, -0.2) is 12.5 Å². The Morgan fingerprint density at radius 3 is 2.77 bits per heavy atom. The highest BCUT2D eigenvalue weighted by atomic mass is 16.2. The molecule has 2 nitrogen and oxygen atoms in total. The predicted octanol–water partition coefficient (Wildman–Crippen LogP) is 4.12. The number of nitrogens with one attached hydrogen (secondary N) is 1. The van der Waals surface area contributed by atoms with Crippen LogP contribution in [0.1, 0.15) is 45.1 Å². The van der Waals surface area contributed by atoms with Crippen molar-refractivity contribution in [2.24, 2.45) is 16.7 Å².